The first-order chi connectivity index (χ1) is 18.0. The van der Waals surface area contributed by atoms with Crippen molar-refractivity contribution in [2.24, 2.45) is 0 Å². The number of rotatable bonds is 9. The van der Waals surface area contributed by atoms with Crippen molar-refractivity contribution in [1.82, 2.24) is 24.5 Å². The van der Waals surface area contributed by atoms with Gasteiger partial charge < -0.3 is 26.0 Å². The Hall–Kier alpha value is -3.85. The summed E-state index contributed by atoms with van der Waals surface area (Å²) in [6.45, 7) is 7.60. The number of benzene rings is 2. The lowest BCUT2D eigenvalue weighted by Crippen LogP contribution is -2.36. The number of nitrogens with one attached hydrogen (secondary N) is 2. The van der Waals surface area contributed by atoms with Crippen LogP contribution in [0.1, 0.15) is 49.3 Å². The molecule has 5 rings (SSSR count). The van der Waals surface area contributed by atoms with Crippen molar-refractivity contribution in [2.75, 3.05) is 36.5 Å². The number of nitrogens with two attached hydrogens (primary N) is 1. The van der Waals surface area contributed by atoms with Crippen LogP contribution in [0.25, 0.3) is 5.65 Å². The molecule has 194 valence electrons. The Bertz CT molecular complexity index is 1330. The molecule has 0 saturated carbocycles. The molecule has 1 aliphatic rings. The summed E-state index contributed by atoms with van der Waals surface area (Å²) in [6, 6.07) is 16.6. The fourth-order valence-corrected chi connectivity index (χ4v) is 4.56. The minimum absolute atomic E-state index is 0.121. The van der Waals surface area contributed by atoms with Gasteiger partial charge in [0.25, 0.3) is 0 Å². The Morgan fingerprint density at radius 3 is 2.51 bits per heavy atom. The van der Waals surface area contributed by atoms with Crippen LogP contribution in [-0.2, 0) is 13.1 Å². The van der Waals surface area contributed by atoms with Crippen LogP contribution in [0.3, 0.4) is 0 Å². The van der Waals surface area contributed by atoms with Crippen LogP contribution in [0.4, 0.5) is 17.3 Å². The van der Waals surface area contributed by atoms with Gasteiger partial charge in [-0.1, -0.05) is 44.2 Å². The average molecular weight is 501 g/mol. The number of likely N-dealkylation sites (tertiary alicyclic amines) is 1. The van der Waals surface area contributed by atoms with Crippen LogP contribution in [0.15, 0.2) is 54.7 Å². The van der Waals surface area contributed by atoms with E-state index in [4.69, 9.17) is 20.4 Å². The molecule has 0 amide bonds. The third kappa shape index (κ3) is 5.94. The fourth-order valence-electron chi connectivity index (χ4n) is 4.56. The lowest BCUT2D eigenvalue weighted by molar-refractivity contribution is 0.105. The van der Waals surface area contributed by atoms with Crippen LogP contribution < -0.4 is 21.1 Å². The first kappa shape index (κ1) is 24.8. The number of hydrogen-bond donors (Lipinski definition) is 3. The Kier molecular flexibility index (Phi) is 7.41. The first-order valence-electron chi connectivity index (χ1n) is 13.0. The Balaban J connectivity index is 1.36. The maximum absolute atomic E-state index is 6.28. The van der Waals surface area contributed by atoms with Crippen LogP contribution in [-0.4, -0.2) is 50.7 Å². The van der Waals surface area contributed by atoms with Crippen molar-refractivity contribution >= 4 is 23.0 Å². The van der Waals surface area contributed by atoms with Crippen LogP contribution in [0.2, 0.25) is 0 Å². The summed E-state index contributed by atoms with van der Waals surface area (Å²) in [5, 5.41) is 11.6. The Morgan fingerprint density at radius 1 is 1.00 bits per heavy atom. The first-order valence-corrected chi connectivity index (χ1v) is 13.0. The molecule has 0 radical (unpaired) electrons. The van der Waals surface area contributed by atoms with Gasteiger partial charge in [-0.15, -0.1) is 0 Å². The molecule has 0 unspecified atom stereocenters. The zero-order valence-corrected chi connectivity index (χ0v) is 21.8. The van der Waals surface area contributed by atoms with Crippen molar-refractivity contribution in [1.29, 1.82) is 0 Å². The molecule has 0 atom stereocenters. The van der Waals surface area contributed by atoms with Gasteiger partial charge >= 0.3 is 6.01 Å². The molecule has 0 bridgehead atoms. The molecule has 4 N–H and O–H groups in total. The van der Waals surface area contributed by atoms with E-state index in [2.05, 4.69) is 53.7 Å². The van der Waals surface area contributed by atoms with Gasteiger partial charge in [-0.3, -0.25) is 0 Å². The predicted molar refractivity (Wildman–Crippen MR) is 148 cm³/mol. The minimum Gasteiger partial charge on any atom is -0.460 e. The second kappa shape index (κ2) is 11.0. The van der Waals surface area contributed by atoms with Crippen molar-refractivity contribution in [3.8, 4) is 6.01 Å². The van der Waals surface area contributed by atoms with Crippen molar-refractivity contribution in [3.05, 3.63) is 71.4 Å². The number of hydrogen-bond acceptors (Lipinski definition) is 8. The topological polar surface area (TPSA) is 106 Å². The molecule has 37 heavy (non-hydrogen) atoms. The quantitative estimate of drug-likeness (QED) is 0.288. The molecule has 0 aliphatic carbocycles. The van der Waals surface area contributed by atoms with Crippen molar-refractivity contribution in [3.63, 3.8) is 0 Å². The Labute approximate surface area is 218 Å². The highest BCUT2D eigenvalue weighted by Gasteiger charge is 2.21. The number of nitrogens with zero attached hydrogens (tertiary/aromatic N) is 5. The molecule has 0 spiro atoms. The summed E-state index contributed by atoms with van der Waals surface area (Å²) >= 11 is 0. The summed E-state index contributed by atoms with van der Waals surface area (Å²) in [5.74, 6) is 0.905. The molecule has 4 aromatic rings. The molecule has 2 aromatic heterocycles. The van der Waals surface area contributed by atoms with E-state index in [1.165, 1.54) is 5.56 Å². The highest BCUT2D eigenvalue weighted by atomic mass is 16.5. The van der Waals surface area contributed by atoms with Gasteiger partial charge in [-0.25, -0.2) is 0 Å². The van der Waals surface area contributed by atoms with Gasteiger partial charge in [0.2, 0.25) is 5.95 Å². The zero-order valence-electron chi connectivity index (χ0n) is 21.8. The number of ether oxygens (including phenoxy) is 1. The van der Waals surface area contributed by atoms with Gasteiger partial charge in [-0.2, -0.15) is 19.6 Å². The maximum atomic E-state index is 6.28. The standard InChI is InChI=1S/C28H36N8O/c1-19(2)24-18-32-36-26(24)33-28(37-23-12-14-35(3)15-13-23)34-27(36)31-17-21-6-4-5-7-25(21)30-16-20-8-10-22(29)11-9-20/h4-11,18-19,23,30H,12-17,29H2,1-3H3,(H,31,33,34). The fraction of sp³-hybridized carbons (Fsp3) is 0.393. The predicted octanol–water partition coefficient (Wildman–Crippen LogP) is 4.53. The molecule has 2 aromatic carbocycles. The van der Waals surface area contributed by atoms with Crippen LogP contribution in [0, 0.1) is 0 Å². The molecular weight excluding hydrogens is 464 g/mol. The second-order valence-electron chi connectivity index (χ2n) is 10.0. The minimum atomic E-state index is 0.121. The molecule has 1 saturated heterocycles. The molecule has 9 nitrogen and oxygen atoms in total. The third-order valence-electron chi connectivity index (χ3n) is 6.85. The van der Waals surface area contributed by atoms with Crippen LogP contribution >= 0.6 is 0 Å². The SMILES string of the molecule is CC(C)c1cnn2c(NCc3ccccc3NCc3ccc(N)cc3)nc(OC3CCN(C)CC3)nc12. The van der Waals surface area contributed by atoms with Gasteiger partial charge in [-0.05, 0) is 55.1 Å². The number of anilines is 3. The molecule has 1 aliphatic heterocycles. The number of piperidine rings is 1. The number of fused-ring (bicyclic) bond motifs is 1. The van der Waals surface area contributed by atoms with E-state index in [1.807, 2.05) is 42.6 Å². The van der Waals surface area contributed by atoms with E-state index in [0.717, 1.165) is 54.1 Å². The van der Waals surface area contributed by atoms with Gasteiger partial charge in [0.05, 0.1) is 6.20 Å². The lowest BCUT2D eigenvalue weighted by Gasteiger charge is -2.28. The Morgan fingerprint density at radius 2 is 1.76 bits per heavy atom. The van der Waals surface area contributed by atoms with Gasteiger partial charge in [0.1, 0.15) is 6.10 Å². The summed E-state index contributed by atoms with van der Waals surface area (Å²) in [7, 11) is 2.14. The van der Waals surface area contributed by atoms with E-state index in [1.54, 1.807) is 4.52 Å². The number of para-hydroxylation sites is 1. The third-order valence-corrected chi connectivity index (χ3v) is 6.85. The molecule has 9 heteroatoms. The average Bonchev–Trinajstić information content (AvgIpc) is 3.33. The summed E-state index contributed by atoms with van der Waals surface area (Å²) < 4.78 is 8.06. The van der Waals surface area contributed by atoms with E-state index in [-0.39, 0.29) is 12.0 Å². The lowest BCUT2D eigenvalue weighted by atomic mass is 10.1. The zero-order chi connectivity index (χ0) is 25.8. The van der Waals surface area contributed by atoms with E-state index >= 15 is 0 Å². The largest absolute Gasteiger partial charge is 0.460 e. The van der Waals surface area contributed by atoms with Gasteiger partial charge in [0, 0.05) is 43.1 Å². The van der Waals surface area contributed by atoms with E-state index in [9.17, 15) is 0 Å². The number of nitrogen functional groups attached to an aromatic ring is 1. The maximum Gasteiger partial charge on any atom is 0.322 e. The van der Waals surface area contributed by atoms with E-state index < -0.39 is 0 Å². The highest BCUT2D eigenvalue weighted by Crippen LogP contribution is 2.25. The van der Waals surface area contributed by atoms with Crippen molar-refractivity contribution in [2.45, 2.75) is 51.8 Å². The second-order valence-corrected chi connectivity index (χ2v) is 10.0. The monoisotopic (exact) mass is 500 g/mol. The summed E-state index contributed by atoms with van der Waals surface area (Å²) in [6.07, 6.45) is 3.94. The highest BCUT2D eigenvalue weighted by molar-refractivity contribution is 5.55. The normalized spacial score (nSPS) is 14.8. The smallest absolute Gasteiger partial charge is 0.322 e. The van der Waals surface area contributed by atoms with Gasteiger partial charge in [0.15, 0.2) is 5.65 Å². The van der Waals surface area contributed by atoms with Crippen molar-refractivity contribution < 1.29 is 4.74 Å². The van der Waals surface area contributed by atoms with E-state index in [0.29, 0.717) is 25.0 Å². The van der Waals surface area contributed by atoms with Crippen LogP contribution in [0.5, 0.6) is 6.01 Å². The molecule has 3 heterocycles. The summed E-state index contributed by atoms with van der Waals surface area (Å²) in [5.41, 5.74) is 11.8. The summed E-state index contributed by atoms with van der Waals surface area (Å²) in [4.78, 5) is 11.8. The number of aromatic nitrogens is 4. The molecule has 1 fully saturated rings. The molecular formula is C28H36N8O.